The first-order valence-electron chi connectivity index (χ1n) is 8.61. The van der Waals surface area contributed by atoms with Gasteiger partial charge in [-0.1, -0.05) is 35.0 Å². The lowest BCUT2D eigenvalue weighted by atomic mass is 10.1. The molecule has 3 rings (SSSR count). The molecule has 0 saturated carbocycles. The van der Waals surface area contributed by atoms with E-state index in [1.807, 2.05) is 24.5 Å². The number of halogens is 4. The van der Waals surface area contributed by atoms with Gasteiger partial charge in [0, 0.05) is 24.0 Å². The summed E-state index contributed by atoms with van der Waals surface area (Å²) < 4.78 is 40.5. The molecule has 0 unspecified atom stereocenters. The third-order valence-electron chi connectivity index (χ3n) is 4.42. The van der Waals surface area contributed by atoms with E-state index in [0.717, 1.165) is 41.0 Å². The number of alkyl halides is 3. The molecule has 0 aliphatic heterocycles. The first-order valence-corrected chi connectivity index (χ1v) is 9.80. The van der Waals surface area contributed by atoms with Crippen molar-refractivity contribution < 1.29 is 18.4 Å². The van der Waals surface area contributed by atoms with E-state index in [0.29, 0.717) is 17.3 Å². The highest BCUT2D eigenvalue weighted by atomic mass is 35.5. The number of rotatable bonds is 5. The second kappa shape index (κ2) is 8.57. The van der Waals surface area contributed by atoms with E-state index in [4.69, 9.17) is 22.5 Å². The summed E-state index contributed by atoms with van der Waals surface area (Å²) in [7, 11) is 0. The highest BCUT2D eigenvalue weighted by Gasteiger charge is 2.31. The highest BCUT2D eigenvalue weighted by Crippen LogP contribution is 2.36. The molecule has 30 heavy (non-hydrogen) atoms. The molecule has 2 heterocycles. The second-order valence-corrected chi connectivity index (χ2v) is 7.81. The smallest absolute Gasteiger partial charge is 0.409 e. The summed E-state index contributed by atoms with van der Waals surface area (Å²) in [5.74, 6) is -0.00859. The van der Waals surface area contributed by atoms with Gasteiger partial charge in [-0.25, -0.2) is 9.97 Å². The monoisotopic (exact) mass is 455 g/mol. The number of imidazole rings is 1. The maximum absolute atomic E-state index is 12.8. The Kier molecular flexibility index (Phi) is 6.27. The fourth-order valence-electron chi connectivity index (χ4n) is 2.70. The van der Waals surface area contributed by atoms with Crippen molar-refractivity contribution in [2.24, 2.45) is 10.9 Å². The van der Waals surface area contributed by atoms with Crippen LogP contribution in [-0.2, 0) is 12.7 Å². The minimum atomic E-state index is -4.52. The van der Waals surface area contributed by atoms with Crippen LogP contribution in [0.4, 0.5) is 13.2 Å². The summed E-state index contributed by atoms with van der Waals surface area (Å²) in [6.07, 6.45) is -3.77. The van der Waals surface area contributed by atoms with Crippen LogP contribution < -0.4 is 5.73 Å². The summed E-state index contributed by atoms with van der Waals surface area (Å²) in [6, 6.07) is 8.00. The number of hydrogen-bond donors (Lipinski definition) is 2. The summed E-state index contributed by atoms with van der Waals surface area (Å²) in [6.45, 7) is 4.14. The van der Waals surface area contributed by atoms with Crippen LogP contribution in [0.5, 0.6) is 0 Å². The lowest BCUT2D eigenvalue weighted by Crippen LogP contribution is -2.13. The van der Waals surface area contributed by atoms with Crippen molar-refractivity contribution in [3.8, 4) is 0 Å². The Morgan fingerprint density at radius 1 is 1.30 bits per heavy atom. The average Bonchev–Trinajstić information content (AvgIpc) is 2.95. The van der Waals surface area contributed by atoms with E-state index in [9.17, 15) is 13.2 Å². The van der Waals surface area contributed by atoms with Crippen LogP contribution in [0, 0.1) is 13.8 Å². The third kappa shape index (κ3) is 4.71. The summed E-state index contributed by atoms with van der Waals surface area (Å²) in [5.41, 5.74) is 7.83. The van der Waals surface area contributed by atoms with Crippen LogP contribution in [0.3, 0.4) is 0 Å². The Bertz CT molecular complexity index is 1110. The van der Waals surface area contributed by atoms with Gasteiger partial charge in [-0.05, 0) is 43.3 Å². The zero-order valence-corrected chi connectivity index (χ0v) is 17.5. The molecule has 0 amide bonds. The predicted octanol–water partition coefficient (Wildman–Crippen LogP) is 4.86. The molecule has 0 aliphatic rings. The summed E-state index contributed by atoms with van der Waals surface area (Å²) in [5, 5.41) is 12.5. The minimum absolute atomic E-state index is 0.00859. The number of aryl methyl sites for hydroxylation is 1. The maximum Gasteiger partial charge on any atom is 0.417 e. The number of aromatic nitrogens is 3. The Hall–Kier alpha value is -2.72. The van der Waals surface area contributed by atoms with Crippen molar-refractivity contribution in [1.82, 2.24) is 14.5 Å². The number of nitrogens with zero attached hydrogens (tertiary/aromatic N) is 4. The van der Waals surface area contributed by atoms with Gasteiger partial charge in [0.25, 0.3) is 0 Å². The third-order valence-corrected chi connectivity index (χ3v) is 5.83. The number of hydrogen-bond acceptors (Lipinski definition) is 5. The SMILES string of the molecule is Cc1nc(Sc2ncc(C(F)(F)F)cc2Cl)n(Cc2cccc(C(N)=NO)c2)c1C. The fraction of sp³-hybridized carbons (Fsp3) is 0.211. The van der Waals surface area contributed by atoms with Gasteiger partial charge in [0.2, 0.25) is 0 Å². The molecule has 3 aromatic rings. The normalized spacial score (nSPS) is 12.4. The van der Waals surface area contributed by atoms with Crippen molar-refractivity contribution in [3.63, 3.8) is 0 Å². The molecule has 0 aliphatic carbocycles. The van der Waals surface area contributed by atoms with Gasteiger partial charge in [0.1, 0.15) is 5.03 Å². The Morgan fingerprint density at radius 2 is 2.03 bits per heavy atom. The van der Waals surface area contributed by atoms with Crippen LogP contribution in [0.2, 0.25) is 5.02 Å². The molecule has 158 valence electrons. The fourth-order valence-corrected chi connectivity index (χ4v) is 3.91. The van der Waals surface area contributed by atoms with Crippen LogP contribution in [0.1, 0.15) is 28.1 Å². The molecule has 2 aromatic heterocycles. The van der Waals surface area contributed by atoms with Crippen molar-refractivity contribution in [2.45, 2.75) is 36.8 Å². The highest BCUT2D eigenvalue weighted by molar-refractivity contribution is 7.99. The van der Waals surface area contributed by atoms with Gasteiger partial charge in [0.15, 0.2) is 11.0 Å². The molecule has 6 nitrogen and oxygen atoms in total. The number of nitrogens with two attached hydrogens (primary N) is 1. The molecule has 1 aromatic carbocycles. The molecule has 3 N–H and O–H groups in total. The zero-order valence-electron chi connectivity index (χ0n) is 15.9. The van der Waals surface area contributed by atoms with Crippen LogP contribution in [0.25, 0.3) is 0 Å². The molecule has 0 saturated heterocycles. The summed E-state index contributed by atoms with van der Waals surface area (Å²) in [4.78, 5) is 8.38. The van der Waals surface area contributed by atoms with E-state index in [2.05, 4.69) is 15.1 Å². The van der Waals surface area contributed by atoms with Crippen molar-refractivity contribution >= 4 is 29.2 Å². The van der Waals surface area contributed by atoms with Crippen molar-refractivity contribution in [1.29, 1.82) is 0 Å². The zero-order chi connectivity index (χ0) is 22.1. The van der Waals surface area contributed by atoms with E-state index in [-0.39, 0.29) is 15.9 Å². The van der Waals surface area contributed by atoms with Gasteiger partial charge < -0.3 is 15.5 Å². The number of amidine groups is 1. The summed E-state index contributed by atoms with van der Waals surface area (Å²) >= 11 is 7.13. The molecule has 0 bridgehead atoms. The van der Waals surface area contributed by atoms with Crippen LogP contribution >= 0.6 is 23.4 Å². The van der Waals surface area contributed by atoms with Crippen molar-refractivity contribution in [3.05, 3.63) is 69.6 Å². The van der Waals surface area contributed by atoms with Gasteiger partial charge in [-0.3, -0.25) is 0 Å². The largest absolute Gasteiger partial charge is 0.417 e. The van der Waals surface area contributed by atoms with E-state index in [1.54, 1.807) is 18.2 Å². The molecule has 0 spiro atoms. The first kappa shape index (κ1) is 22.0. The quantitative estimate of drug-likeness (QED) is 0.248. The number of benzene rings is 1. The molecular weight excluding hydrogens is 439 g/mol. The van der Waals surface area contributed by atoms with Crippen LogP contribution in [0.15, 0.2) is 51.9 Å². The van der Waals surface area contributed by atoms with Gasteiger partial charge in [-0.15, -0.1) is 0 Å². The number of pyridine rings is 1. The molecule has 0 atom stereocenters. The Labute approximate surface area is 179 Å². The predicted molar refractivity (Wildman–Crippen MR) is 108 cm³/mol. The van der Waals surface area contributed by atoms with Gasteiger partial charge in [0.05, 0.1) is 16.3 Å². The topological polar surface area (TPSA) is 89.3 Å². The second-order valence-electron chi connectivity index (χ2n) is 6.45. The maximum atomic E-state index is 12.8. The molecular formula is C19H17ClF3N5OS. The van der Waals surface area contributed by atoms with E-state index in [1.165, 1.54) is 0 Å². The number of oxime groups is 1. The lowest BCUT2D eigenvalue weighted by Gasteiger charge is -2.12. The Morgan fingerprint density at radius 3 is 2.67 bits per heavy atom. The minimum Gasteiger partial charge on any atom is -0.409 e. The standard InChI is InChI=1S/C19H17ClF3N5OS/c1-10-11(2)28(9-12-4-3-5-13(6-12)16(24)27-29)18(26-10)30-17-15(20)7-14(8-25-17)19(21,22)23/h3-8,29H,9H2,1-2H3,(H2,24,27). The van der Waals surface area contributed by atoms with E-state index < -0.39 is 11.7 Å². The van der Waals surface area contributed by atoms with Crippen molar-refractivity contribution in [2.75, 3.05) is 0 Å². The van der Waals surface area contributed by atoms with Gasteiger partial charge >= 0.3 is 6.18 Å². The molecule has 0 radical (unpaired) electrons. The Balaban J connectivity index is 1.93. The first-order chi connectivity index (χ1) is 14.1. The van der Waals surface area contributed by atoms with Crippen LogP contribution in [-0.4, -0.2) is 25.6 Å². The molecule has 0 fully saturated rings. The lowest BCUT2D eigenvalue weighted by molar-refractivity contribution is -0.137. The average molecular weight is 456 g/mol. The van der Waals surface area contributed by atoms with E-state index >= 15 is 0 Å². The molecule has 11 heteroatoms. The van der Waals surface area contributed by atoms with Gasteiger partial charge in [-0.2, -0.15) is 13.2 Å².